The van der Waals surface area contributed by atoms with E-state index >= 15 is 0 Å². The summed E-state index contributed by atoms with van der Waals surface area (Å²) in [4.78, 5) is 11.3. The van der Waals surface area contributed by atoms with Crippen LogP contribution >= 0.6 is 0 Å². The Morgan fingerprint density at radius 3 is 3.17 bits per heavy atom. The number of carbonyl (C=O) groups excluding carboxylic acids is 1. The topological polar surface area (TPSA) is 46.5 Å². The van der Waals surface area contributed by atoms with Crippen molar-refractivity contribution in [2.24, 2.45) is 17.8 Å². The van der Waals surface area contributed by atoms with E-state index in [9.17, 15) is 9.90 Å². The summed E-state index contributed by atoms with van der Waals surface area (Å²) >= 11 is 0. The Hall–Kier alpha value is -0.570. The molecule has 0 aromatic heterocycles. The summed E-state index contributed by atoms with van der Waals surface area (Å²) in [7, 11) is 0. The van der Waals surface area contributed by atoms with E-state index in [-0.39, 0.29) is 11.9 Å². The van der Waals surface area contributed by atoms with Crippen molar-refractivity contribution < 1.29 is 14.6 Å². The average molecular weight is 168 g/mol. The summed E-state index contributed by atoms with van der Waals surface area (Å²) in [5.41, 5.74) is -0.692. The summed E-state index contributed by atoms with van der Waals surface area (Å²) in [6.45, 7) is 0.552. The first-order valence-corrected chi connectivity index (χ1v) is 4.60. The van der Waals surface area contributed by atoms with Gasteiger partial charge in [-0.05, 0) is 25.2 Å². The van der Waals surface area contributed by atoms with Gasteiger partial charge in [-0.3, -0.25) is 4.79 Å². The number of fused-ring (bicyclic) bond motifs is 5. The average Bonchev–Trinajstić information content (AvgIpc) is 2.61. The molecule has 66 valence electrons. The maximum atomic E-state index is 11.3. The highest BCUT2D eigenvalue weighted by molar-refractivity contribution is 5.77. The third-order valence-corrected chi connectivity index (χ3v) is 3.85. The van der Waals surface area contributed by atoms with Crippen molar-refractivity contribution in [3.63, 3.8) is 0 Å². The molecule has 3 heteroatoms. The van der Waals surface area contributed by atoms with Crippen LogP contribution in [0.1, 0.15) is 19.3 Å². The molecule has 0 aromatic carbocycles. The van der Waals surface area contributed by atoms with Crippen molar-refractivity contribution >= 4 is 5.97 Å². The van der Waals surface area contributed by atoms with E-state index in [0.717, 1.165) is 19.3 Å². The lowest BCUT2D eigenvalue weighted by Gasteiger charge is -2.26. The fourth-order valence-electron chi connectivity index (χ4n) is 3.31. The molecule has 0 radical (unpaired) electrons. The van der Waals surface area contributed by atoms with Gasteiger partial charge in [0.1, 0.15) is 0 Å². The first-order chi connectivity index (χ1) is 5.71. The molecular formula is C9H12O3. The number of esters is 1. The van der Waals surface area contributed by atoms with E-state index in [1.165, 1.54) is 0 Å². The molecule has 3 aliphatic rings. The molecule has 3 nitrogen and oxygen atoms in total. The Kier molecular flexibility index (Phi) is 1.06. The summed E-state index contributed by atoms with van der Waals surface area (Å²) in [5, 5.41) is 10.1. The lowest BCUT2D eigenvalue weighted by Crippen LogP contribution is -2.38. The van der Waals surface area contributed by atoms with E-state index < -0.39 is 5.60 Å². The molecule has 4 unspecified atom stereocenters. The molecular weight excluding hydrogens is 156 g/mol. The fourth-order valence-corrected chi connectivity index (χ4v) is 3.31. The molecule has 3 rings (SSSR count). The Morgan fingerprint density at radius 2 is 2.42 bits per heavy atom. The van der Waals surface area contributed by atoms with Gasteiger partial charge in [-0.2, -0.15) is 0 Å². The normalized spacial score (nSPS) is 55.8. The molecule has 2 bridgehead atoms. The number of hydrogen-bond acceptors (Lipinski definition) is 3. The molecule has 4 atom stereocenters. The minimum atomic E-state index is -0.692. The van der Waals surface area contributed by atoms with Gasteiger partial charge in [-0.25, -0.2) is 0 Å². The van der Waals surface area contributed by atoms with Gasteiger partial charge in [-0.1, -0.05) is 0 Å². The van der Waals surface area contributed by atoms with Gasteiger partial charge < -0.3 is 9.84 Å². The van der Waals surface area contributed by atoms with Crippen molar-refractivity contribution in [1.82, 2.24) is 0 Å². The molecule has 0 amide bonds. The Labute approximate surface area is 70.7 Å². The number of rotatable bonds is 0. The van der Waals surface area contributed by atoms with Gasteiger partial charge >= 0.3 is 5.97 Å². The lowest BCUT2D eigenvalue weighted by atomic mass is 9.79. The van der Waals surface area contributed by atoms with Gasteiger partial charge in [0.05, 0.1) is 18.1 Å². The minimum Gasteiger partial charge on any atom is -0.465 e. The van der Waals surface area contributed by atoms with E-state index in [1.54, 1.807) is 0 Å². The predicted molar refractivity (Wildman–Crippen MR) is 40.2 cm³/mol. The van der Waals surface area contributed by atoms with Crippen LogP contribution in [0, 0.1) is 17.8 Å². The maximum Gasteiger partial charge on any atom is 0.312 e. The van der Waals surface area contributed by atoms with Crippen molar-refractivity contribution in [2.75, 3.05) is 6.61 Å². The van der Waals surface area contributed by atoms with Crippen molar-refractivity contribution in [2.45, 2.75) is 24.9 Å². The minimum absolute atomic E-state index is 0.162. The van der Waals surface area contributed by atoms with E-state index in [4.69, 9.17) is 4.74 Å². The smallest absolute Gasteiger partial charge is 0.312 e. The molecule has 3 fully saturated rings. The molecule has 12 heavy (non-hydrogen) atoms. The number of cyclic esters (lactones) is 1. The second-order valence-corrected chi connectivity index (χ2v) is 4.38. The second-order valence-electron chi connectivity index (χ2n) is 4.38. The van der Waals surface area contributed by atoms with Gasteiger partial charge in [-0.15, -0.1) is 0 Å². The summed E-state index contributed by atoms with van der Waals surface area (Å²) in [6, 6.07) is 0. The third-order valence-electron chi connectivity index (χ3n) is 3.85. The molecule has 2 aliphatic carbocycles. The molecule has 0 spiro atoms. The predicted octanol–water partition coefficient (Wildman–Crippen LogP) is 0.320. The Balaban J connectivity index is 2.03. The Morgan fingerprint density at radius 1 is 1.58 bits per heavy atom. The van der Waals surface area contributed by atoms with Crippen LogP contribution in [0.25, 0.3) is 0 Å². The van der Waals surface area contributed by atoms with Crippen molar-refractivity contribution in [3.8, 4) is 0 Å². The summed E-state index contributed by atoms with van der Waals surface area (Å²) in [5.74, 6) is 0.531. The highest BCUT2D eigenvalue weighted by atomic mass is 16.5. The first-order valence-electron chi connectivity index (χ1n) is 4.60. The highest BCUT2D eigenvalue weighted by Crippen LogP contribution is 2.57. The first kappa shape index (κ1) is 6.89. The van der Waals surface area contributed by atoms with Gasteiger partial charge in [0.15, 0.2) is 0 Å². The standard InChI is InChI=1S/C9H12O3/c10-8-7-6(4-12-8)5-1-2-9(7,11)3-5/h5-7,11H,1-4H2. The molecule has 1 aliphatic heterocycles. The second kappa shape index (κ2) is 1.84. The molecule has 2 saturated carbocycles. The zero-order valence-corrected chi connectivity index (χ0v) is 6.82. The number of hydrogen-bond donors (Lipinski definition) is 1. The van der Waals surface area contributed by atoms with Gasteiger partial charge in [0.25, 0.3) is 0 Å². The fraction of sp³-hybridized carbons (Fsp3) is 0.889. The van der Waals surface area contributed by atoms with E-state index in [2.05, 4.69) is 0 Å². The van der Waals surface area contributed by atoms with Crippen LogP contribution in [-0.4, -0.2) is 23.3 Å². The maximum absolute atomic E-state index is 11.3. The molecule has 0 aromatic rings. The third kappa shape index (κ3) is 0.600. The van der Waals surface area contributed by atoms with Crippen molar-refractivity contribution in [1.29, 1.82) is 0 Å². The largest absolute Gasteiger partial charge is 0.465 e. The quantitative estimate of drug-likeness (QED) is 0.530. The van der Waals surface area contributed by atoms with Crippen LogP contribution in [0.3, 0.4) is 0 Å². The number of ether oxygens (including phenoxy) is 1. The Bertz CT molecular complexity index is 250. The van der Waals surface area contributed by atoms with Gasteiger partial charge in [0, 0.05) is 5.92 Å². The zero-order chi connectivity index (χ0) is 8.34. The van der Waals surface area contributed by atoms with Crippen LogP contribution in [0.5, 0.6) is 0 Å². The summed E-state index contributed by atoms with van der Waals surface area (Å²) in [6.07, 6.45) is 2.71. The molecule has 1 heterocycles. The highest BCUT2D eigenvalue weighted by Gasteiger charge is 2.63. The number of aliphatic hydroxyl groups is 1. The van der Waals surface area contributed by atoms with E-state index in [0.29, 0.717) is 18.4 Å². The van der Waals surface area contributed by atoms with Crippen molar-refractivity contribution in [3.05, 3.63) is 0 Å². The molecule has 1 saturated heterocycles. The van der Waals surface area contributed by atoms with Gasteiger partial charge in [0.2, 0.25) is 0 Å². The number of carbonyl (C=O) groups is 1. The van der Waals surface area contributed by atoms with Crippen LogP contribution in [0.2, 0.25) is 0 Å². The van der Waals surface area contributed by atoms with Crippen LogP contribution in [0.4, 0.5) is 0 Å². The van der Waals surface area contributed by atoms with Crippen LogP contribution < -0.4 is 0 Å². The monoisotopic (exact) mass is 168 g/mol. The zero-order valence-electron chi connectivity index (χ0n) is 6.82. The van der Waals surface area contributed by atoms with E-state index in [1.807, 2.05) is 0 Å². The summed E-state index contributed by atoms with van der Waals surface area (Å²) < 4.78 is 4.97. The van der Waals surface area contributed by atoms with Crippen LogP contribution in [0.15, 0.2) is 0 Å². The molecule has 1 N–H and O–H groups in total. The SMILES string of the molecule is O=C1OCC2C3CCC(O)(C3)C12. The lowest BCUT2D eigenvalue weighted by molar-refractivity contribution is -0.147. The van der Waals surface area contributed by atoms with Crippen LogP contribution in [-0.2, 0) is 9.53 Å².